The van der Waals surface area contributed by atoms with Crippen molar-refractivity contribution in [2.24, 2.45) is 11.8 Å². The van der Waals surface area contributed by atoms with Gasteiger partial charge in [-0.1, -0.05) is 6.92 Å². The topological polar surface area (TPSA) is 90.9 Å². The maximum atomic E-state index is 13.3. The lowest BCUT2D eigenvalue weighted by atomic mass is 9.85. The lowest BCUT2D eigenvalue weighted by Gasteiger charge is -2.40. The van der Waals surface area contributed by atoms with E-state index in [0.29, 0.717) is 25.1 Å². The molecule has 2 atom stereocenters. The van der Waals surface area contributed by atoms with Crippen molar-refractivity contribution in [3.8, 4) is 6.07 Å². The number of alkyl halides is 3. The molecule has 2 aliphatic heterocycles. The molecule has 4 heterocycles. The minimum atomic E-state index is -4.56. The minimum absolute atomic E-state index is 0.0316. The van der Waals surface area contributed by atoms with Crippen molar-refractivity contribution in [2.75, 3.05) is 24.5 Å². The third-order valence-corrected chi connectivity index (χ3v) is 6.73. The number of benzene rings is 1. The van der Waals surface area contributed by atoms with Crippen LogP contribution in [0, 0.1) is 23.2 Å². The van der Waals surface area contributed by atoms with Crippen LogP contribution in [0.2, 0.25) is 0 Å². The molecule has 0 aliphatic carbocycles. The Labute approximate surface area is 193 Å². The highest BCUT2D eigenvalue weighted by Gasteiger charge is 2.41. The Morgan fingerprint density at radius 2 is 2.00 bits per heavy atom. The van der Waals surface area contributed by atoms with Crippen molar-refractivity contribution in [2.45, 2.75) is 32.6 Å². The molecule has 11 heteroatoms. The van der Waals surface area contributed by atoms with Crippen LogP contribution in [0.3, 0.4) is 0 Å². The largest absolute Gasteiger partial charge is 0.451 e. The second kappa shape index (κ2) is 8.27. The zero-order chi connectivity index (χ0) is 24.0. The number of fused-ring (bicyclic) bond motifs is 2. The lowest BCUT2D eigenvalue weighted by molar-refractivity contribution is -0.148. The SMILES string of the molecule is C[C@@H]1CN(c2ccnc3cc(C#N)ccc23)CC[C@@H]1C(=O)N1CCn2c(nnc2C(F)(F)F)C1. The van der Waals surface area contributed by atoms with Gasteiger partial charge in [0.2, 0.25) is 11.7 Å². The monoisotopic (exact) mass is 469 g/mol. The van der Waals surface area contributed by atoms with Gasteiger partial charge in [-0.2, -0.15) is 18.4 Å². The van der Waals surface area contributed by atoms with Gasteiger partial charge in [-0.15, -0.1) is 10.2 Å². The molecule has 1 amide bonds. The van der Waals surface area contributed by atoms with E-state index in [1.165, 1.54) is 0 Å². The summed E-state index contributed by atoms with van der Waals surface area (Å²) in [5.41, 5.74) is 2.31. The van der Waals surface area contributed by atoms with E-state index >= 15 is 0 Å². The maximum absolute atomic E-state index is 13.3. The Morgan fingerprint density at radius 3 is 2.74 bits per heavy atom. The number of carbonyl (C=O) groups is 1. The molecule has 2 aliphatic rings. The molecule has 5 rings (SSSR count). The van der Waals surface area contributed by atoms with Crippen LogP contribution in [0.4, 0.5) is 18.9 Å². The summed E-state index contributed by atoms with van der Waals surface area (Å²) in [5, 5.41) is 17.1. The number of carbonyl (C=O) groups excluding carboxylic acids is 1. The third-order valence-electron chi connectivity index (χ3n) is 6.73. The van der Waals surface area contributed by atoms with Crippen LogP contribution in [0.15, 0.2) is 30.5 Å². The second-order valence-electron chi connectivity index (χ2n) is 8.84. The molecule has 176 valence electrons. The van der Waals surface area contributed by atoms with Crippen LogP contribution in [0.1, 0.15) is 30.6 Å². The average molecular weight is 469 g/mol. The first-order valence-electron chi connectivity index (χ1n) is 11.1. The Bertz CT molecular complexity index is 1300. The molecule has 1 saturated heterocycles. The molecular weight excluding hydrogens is 447 g/mol. The number of aromatic nitrogens is 4. The van der Waals surface area contributed by atoms with Gasteiger partial charge in [-0.3, -0.25) is 9.78 Å². The summed E-state index contributed by atoms with van der Waals surface area (Å²) in [6.07, 6.45) is -2.21. The quantitative estimate of drug-likeness (QED) is 0.573. The van der Waals surface area contributed by atoms with Gasteiger partial charge in [0.05, 0.1) is 23.7 Å². The molecule has 1 aromatic carbocycles. The summed E-state index contributed by atoms with van der Waals surface area (Å²) in [6.45, 7) is 3.63. The smallest absolute Gasteiger partial charge is 0.371 e. The Kier molecular flexibility index (Phi) is 5.38. The van der Waals surface area contributed by atoms with E-state index < -0.39 is 12.0 Å². The van der Waals surface area contributed by atoms with E-state index in [0.717, 1.165) is 21.2 Å². The van der Waals surface area contributed by atoms with Crippen molar-refractivity contribution in [1.29, 1.82) is 5.26 Å². The van der Waals surface area contributed by atoms with Crippen molar-refractivity contribution >= 4 is 22.5 Å². The first-order chi connectivity index (χ1) is 16.3. The lowest BCUT2D eigenvalue weighted by Crippen LogP contribution is -2.49. The molecule has 0 spiro atoms. The van der Waals surface area contributed by atoms with E-state index in [-0.39, 0.29) is 43.2 Å². The molecule has 0 radical (unpaired) electrons. The number of pyridine rings is 1. The van der Waals surface area contributed by atoms with Crippen LogP contribution in [0.25, 0.3) is 10.9 Å². The fraction of sp³-hybridized carbons (Fsp3) is 0.435. The van der Waals surface area contributed by atoms with Crippen LogP contribution >= 0.6 is 0 Å². The summed E-state index contributed by atoms with van der Waals surface area (Å²) in [7, 11) is 0. The van der Waals surface area contributed by atoms with E-state index in [1.54, 1.807) is 23.2 Å². The van der Waals surface area contributed by atoms with E-state index in [9.17, 15) is 18.0 Å². The Hall–Kier alpha value is -3.68. The molecule has 2 aromatic heterocycles. The van der Waals surface area contributed by atoms with Gasteiger partial charge >= 0.3 is 6.18 Å². The van der Waals surface area contributed by atoms with Crippen LogP contribution in [0.5, 0.6) is 0 Å². The van der Waals surface area contributed by atoms with E-state index in [1.807, 2.05) is 19.1 Å². The Morgan fingerprint density at radius 1 is 1.18 bits per heavy atom. The molecule has 0 saturated carbocycles. The highest BCUT2D eigenvalue weighted by molar-refractivity contribution is 5.92. The van der Waals surface area contributed by atoms with E-state index in [2.05, 4.69) is 26.2 Å². The third kappa shape index (κ3) is 3.83. The second-order valence-corrected chi connectivity index (χ2v) is 8.84. The summed E-state index contributed by atoms with van der Waals surface area (Å²) >= 11 is 0. The first-order valence-corrected chi connectivity index (χ1v) is 11.1. The molecular formula is C23H22F3N7O. The standard InChI is InChI=1S/C23H22F3N7O/c1-14-12-31(19-4-6-28-18-10-15(11-27)2-3-17(18)19)7-5-16(14)21(34)32-8-9-33-20(13-32)29-30-22(33)23(24,25)26/h2-4,6,10,14,16H,5,7-9,12-13H2,1H3/t14-,16+/m1/s1. The highest BCUT2D eigenvalue weighted by Crippen LogP contribution is 2.34. The van der Waals surface area contributed by atoms with Crippen LogP contribution in [-0.4, -0.2) is 50.2 Å². The van der Waals surface area contributed by atoms with Gasteiger partial charge in [0.25, 0.3) is 0 Å². The predicted octanol–water partition coefficient (Wildman–Crippen LogP) is 3.22. The number of nitriles is 1. The molecule has 34 heavy (non-hydrogen) atoms. The summed E-state index contributed by atoms with van der Waals surface area (Å²) in [5.74, 6) is -1.06. The summed E-state index contributed by atoms with van der Waals surface area (Å²) in [6, 6.07) is 9.50. The number of nitrogens with zero attached hydrogens (tertiary/aromatic N) is 7. The van der Waals surface area contributed by atoms with Crippen molar-refractivity contribution in [3.63, 3.8) is 0 Å². The minimum Gasteiger partial charge on any atom is -0.371 e. The summed E-state index contributed by atoms with van der Waals surface area (Å²) in [4.78, 5) is 21.5. The number of hydrogen-bond donors (Lipinski definition) is 0. The molecule has 0 N–H and O–H groups in total. The average Bonchev–Trinajstić information content (AvgIpc) is 3.27. The highest BCUT2D eigenvalue weighted by atomic mass is 19.4. The molecule has 0 unspecified atom stereocenters. The molecule has 0 bridgehead atoms. The normalized spacial score (nSPS) is 20.8. The fourth-order valence-corrected chi connectivity index (χ4v) is 5.00. The number of halogens is 3. The zero-order valence-electron chi connectivity index (χ0n) is 18.5. The van der Waals surface area contributed by atoms with Gasteiger partial charge in [0, 0.05) is 49.4 Å². The number of anilines is 1. The van der Waals surface area contributed by atoms with Crippen molar-refractivity contribution in [1.82, 2.24) is 24.6 Å². The maximum Gasteiger partial charge on any atom is 0.451 e. The molecule has 1 fully saturated rings. The van der Waals surface area contributed by atoms with Gasteiger partial charge in [-0.25, -0.2) is 0 Å². The number of rotatable bonds is 2. The van der Waals surface area contributed by atoms with Gasteiger partial charge in [0.1, 0.15) is 0 Å². The van der Waals surface area contributed by atoms with E-state index in [4.69, 9.17) is 5.26 Å². The first kappa shape index (κ1) is 22.1. The number of piperidine rings is 1. The summed E-state index contributed by atoms with van der Waals surface area (Å²) < 4.78 is 40.3. The van der Waals surface area contributed by atoms with Gasteiger partial charge < -0.3 is 14.4 Å². The van der Waals surface area contributed by atoms with Crippen molar-refractivity contribution in [3.05, 3.63) is 47.7 Å². The molecule has 3 aromatic rings. The number of hydrogen-bond acceptors (Lipinski definition) is 6. The zero-order valence-corrected chi connectivity index (χ0v) is 18.5. The predicted molar refractivity (Wildman–Crippen MR) is 116 cm³/mol. The molecule has 8 nitrogen and oxygen atoms in total. The Balaban J connectivity index is 1.30. The number of amides is 1. The van der Waals surface area contributed by atoms with Crippen molar-refractivity contribution < 1.29 is 18.0 Å². The van der Waals surface area contributed by atoms with Gasteiger partial charge in [-0.05, 0) is 36.6 Å². The van der Waals surface area contributed by atoms with Crippen LogP contribution < -0.4 is 4.90 Å². The fourth-order valence-electron chi connectivity index (χ4n) is 5.00. The van der Waals surface area contributed by atoms with Gasteiger partial charge in [0.15, 0.2) is 5.82 Å². The van der Waals surface area contributed by atoms with Crippen LogP contribution in [-0.2, 0) is 24.1 Å².